The summed E-state index contributed by atoms with van der Waals surface area (Å²) in [4.78, 5) is 37.9. The van der Waals surface area contributed by atoms with E-state index < -0.39 is 23.9 Å². The first-order chi connectivity index (χ1) is 7.25. The lowest BCUT2D eigenvalue weighted by Crippen LogP contribution is -2.23. The van der Waals surface area contributed by atoms with Gasteiger partial charge in [0.05, 0.1) is 11.9 Å². The highest BCUT2D eigenvalue weighted by atomic mass is 16.4. The van der Waals surface area contributed by atoms with E-state index in [2.05, 4.69) is 0 Å². The van der Waals surface area contributed by atoms with Crippen LogP contribution in [0, 0.1) is 0 Å². The monoisotopic (exact) mass is 232 g/mol. The second-order valence-electron chi connectivity index (χ2n) is 1.98. The molecule has 0 aromatic carbocycles. The molecular weight excluding hydrogens is 224 g/mol. The summed E-state index contributed by atoms with van der Waals surface area (Å²) >= 11 is 0. The molecule has 16 heavy (non-hydrogen) atoms. The number of carboxylic acids is 4. The molecular formula is C8H8O8. The average Bonchev–Trinajstić information content (AvgIpc) is 2.12. The van der Waals surface area contributed by atoms with Crippen molar-refractivity contribution in [2.45, 2.75) is 0 Å². The first-order valence-corrected chi connectivity index (χ1v) is 3.49. The summed E-state index contributed by atoms with van der Waals surface area (Å²) in [5.74, 6) is -5.61. The van der Waals surface area contributed by atoms with Crippen molar-refractivity contribution in [3.05, 3.63) is 24.3 Å². The Kier molecular flexibility index (Phi) is 8.83. The summed E-state index contributed by atoms with van der Waals surface area (Å²) in [6.07, 6.45) is 1.88. The van der Waals surface area contributed by atoms with Gasteiger partial charge in [0.1, 0.15) is 0 Å². The fraction of sp³-hybridized carbons (Fsp3) is 0. The Morgan fingerprint density at radius 1 is 0.750 bits per heavy atom. The maximum atomic E-state index is 9.55. The van der Waals surface area contributed by atoms with Gasteiger partial charge in [0.15, 0.2) is 0 Å². The molecule has 0 unspecified atom stereocenters. The highest BCUT2D eigenvalue weighted by molar-refractivity contribution is 5.89. The normalized spacial score (nSPS) is 9.50. The zero-order valence-electron chi connectivity index (χ0n) is 9.65. The second kappa shape index (κ2) is 8.94. The lowest BCUT2D eigenvalue weighted by Gasteiger charge is -1.90. The van der Waals surface area contributed by atoms with Gasteiger partial charge in [-0.1, -0.05) is 0 Å². The Morgan fingerprint density at radius 3 is 1.12 bits per heavy atom. The van der Waals surface area contributed by atoms with Gasteiger partial charge in [0, 0.05) is 12.2 Å². The van der Waals surface area contributed by atoms with Gasteiger partial charge in [0.2, 0.25) is 0 Å². The van der Waals surface area contributed by atoms with E-state index in [0.717, 1.165) is 0 Å². The summed E-state index contributed by atoms with van der Waals surface area (Å²) in [5.41, 5.74) is 0. The standard InChI is InChI=1S/2C4H4O4/c2*5-3(6)1-2-4(7)8/h2*1-2H,(H,5,6)(H,7,8)/b2-1+;2-1-. The molecule has 0 atom stereocenters. The molecule has 0 saturated heterocycles. The molecule has 8 heteroatoms. The van der Waals surface area contributed by atoms with Gasteiger partial charge >= 0.3 is 14.8 Å². The van der Waals surface area contributed by atoms with Crippen molar-refractivity contribution < 1.29 is 42.5 Å². The van der Waals surface area contributed by atoms with E-state index in [9.17, 15) is 29.4 Å². The fourth-order valence-electron chi connectivity index (χ4n) is 0.279. The molecule has 0 aromatic heterocycles. The summed E-state index contributed by atoms with van der Waals surface area (Å²) < 4.78 is 0. The summed E-state index contributed by atoms with van der Waals surface area (Å²) in [5, 5.41) is 34.5. The number of hydrogen-bond donors (Lipinski definition) is 2. The van der Waals surface area contributed by atoms with Crippen molar-refractivity contribution in [3.63, 3.8) is 0 Å². The molecule has 2 N–H and O–H groups in total. The molecule has 0 aliphatic rings. The van der Waals surface area contributed by atoms with Crippen LogP contribution in [0.3, 0.4) is 0 Å². The second-order valence-corrected chi connectivity index (χ2v) is 1.98. The summed E-state index contributed by atoms with van der Waals surface area (Å²) in [6, 6.07) is 0. The predicted octanol–water partition coefficient (Wildman–Crippen LogP) is -3.02. The molecule has 0 spiro atoms. The minimum absolute atomic E-state index is 0. The third kappa shape index (κ3) is 22.5. The van der Waals surface area contributed by atoms with E-state index in [1.165, 1.54) is 0 Å². The molecule has 0 bridgehead atoms. The van der Waals surface area contributed by atoms with Crippen molar-refractivity contribution in [2.24, 2.45) is 0 Å². The highest BCUT2D eigenvalue weighted by Gasteiger charge is 1.88. The van der Waals surface area contributed by atoms with Crippen molar-refractivity contribution in [1.29, 1.82) is 0 Å². The van der Waals surface area contributed by atoms with Gasteiger partial charge in [0.25, 0.3) is 0 Å². The summed E-state index contributed by atoms with van der Waals surface area (Å²) in [6.45, 7) is 0. The Balaban J connectivity index is -0.0000000980. The molecule has 0 amide bonds. The van der Waals surface area contributed by atoms with Crippen LogP contribution >= 0.6 is 0 Å². The molecule has 0 aliphatic carbocycles. The van der Waals surface area contributed by atoms with Gasteiger partial charge in [-0.2, -0.15) is 0 Å². The smallest absolute Gasteiger partial charge is 0.545 e. The SMILES string of the molecule is O=C(O)/C=C\C(=O)O.O=C([O-])/C=C/C(=O)[O-].[H+].[H+]. The molecule has 8 nitrogen and oxygen atoms in total. The largest absolute Gasteiger partial charge is 1.00 e. The fourth-order valence-corrected chi connectivity index (χ4v) is 0.279. The van der Waals surface area contributed by atoms with E-state index in [0.29, 0.717) is 24.3 Å². The molecule has 0 radical (unpaired) electrons. The average molecular weight is 232 g/mol. The Hall–Kier alpha value is -2.64. The van der Waals surface area contributed by atoms with Crippen LogP contribution in [0.25, 0.3) is 0 Å². The minimum atomic E-state index is -1.55. The number of rotatable bonds is 4. The van der Waals surface area contributed by atoms with Crippen LogP contribution in [0.4, 0.5) is 0 Å². The first-order valence-electron chi connectivity index (χ1n) is 3.49. The van der Waals surface area contributed by atoms with Gasteiger partial charge < -0.3 is 30.0 Å². The zero-order valence-corrected chi connectivity index (χ0v) is 7.65. The zero-order chi connectivity index (χ0) is 13.1. The van der Waals surface area contributed by atoms with Crippen molar-refractivity contribution in [3.8, 4) is 0 Å². The van der Waals surface area contributed by atoms with Crippen LogP contribution in [-0.2, 0) is 19.2 Å². The van der Waals surface area contributed by atoms with Crippen molar-refractivity contribution in [1.82, 2.24) is 0 Å². The van der Waals surface area contributed by atoms with E-state index in [1.807, 2.05) is 0 Å². The number of hydrogen-bond acceptors (Lipinski definition) is 6. The highest BCUT2D eigenvalue weighted by Crippen LogP contribution is 1.70. The Bertz CT molecular complexity index is 281. The first kappa shape index (κ1) is 15.8. The Labute approximate surface area is 91.7 Å². The molecule has 0 aliphatic heterocycles. The van der Waals surface area contributed by atoms with Crippen LogP contribution in [0.2, 0.25) is 0 Å². The molecule has 88 valence electrons. The third-order valence-electron chi connectivity index (χ3n) is 0.724. The Morgan fingerprint density at radius 2 is 1.00 bits per heavy atom. The van der Waals surface area contributed by atoms with Crippen LogP contribution in [0.5, 0.6) is 0 Å². The van der Waals surface area contributed by atoms with Crippen LogP contribution in [0.1, 0.15) is 2.85 Å². The quantitative estimate of drug-likeness (QED) is 0.485. The van der Waals surface area contributed by atoms with E-state index in [4.69, 9.17) is 10.2 Å². The van der Waals surface area contributed by atoms with E-state index in [-0.39, 0.29) is 2.85 Å². The number of aliphatic carboxylic acids is 4. The lowest BCUT2D eigenvalue weighted by atomic mass is 10.5. The predicted molar refractivity (Wildman–Crippen MR) is 45.8 cm³/mol. The van der Waals surface area contributed by atoms with Gasteiger partial charge in [-0.05, 0) is 12.2 Å². The maximum Gasteiger partial charge on any atom is 1.00 e. The molecule has 0 heterocycles. The van der Waals surface area contributed by atoms with Crippen molar-refractivity contribution >= 4 is 23.9 Å². The van der Waals surface area contributed by atoms with E-state index in [1.54, 1.807) is 0 Å². The van der Waals surface area contributed by atoms with Gasteiger partial charge in [-0.25, -0.2) is 9.59 Å². The van der Waals surface area contributed by atoms with Crippen LogP contribution in [-0.4, -0.2) is 34.1 Å². The number of carboxylic acid groups (broad SMARTS) is 4. The molecule has 0 rings (SSSR count). The summed E-state index contributed by atoms with van der Waals surface area (Å²) in [7, 11) is 0. The number of carbonyl (C=O) groups is 4. The molecule has 0 fully saturated rings. The maximum absolute atomic E-state index is 9.55. The van der Waals surface area contributed by atoms with Gasteiger partial charge in [-0.15, -0.1) is 0 Å². The third-order valence-corrected chi connectivity index (χ3v) is 0.724. The molecule has 0 aromatic rings. The van der Waals surface area contributed by atoms with Crippen molar-refractivity contribution in [2.75, 3.05) is 0 Å². The van der Waals surface area contributed by atoms with Crippen LogP contribution < -0.4 is 10.2 Å². The van der Waals surface area contributed by atoms with Crippen LogP contribution in [0.15, 0.2) is 24.3 Å². The topological polar surface area (TPSA) is 155 Å². The minimum Gasteiger partial charge on any atom is -0.545 e. The lowest BCUT2D eigenvalue weighted by molar-refractivity contribution is -0.301. The number of carbonyl (C=O) groups excluding carboxylic acids is 2. The van der Waals surface area contributed by atoms with E-state index >= 15 is 0 Å². The van der Waals surface area contributed by atoms with Gasteiger partial charge in [-0.3, -0.25) is 0 Å². The molecule has 0 saturated carbocycles.